The first-order valence-corrected chi connectivity index (χ1v) is 6.92. The molecule has 0 aromatic heterocycles. The summed E-state index contributed by atoms with van der Waals surface area (Å²) in [5.41, 5.74) is 9.24. The van der Waals surface area contributed by atoms with Crippen LogP contribution < -0.4 is 5.73 Å². The molecule has 1 aromatic carbocycles. The summed E-state index contributed by atoms with van der Waals surface area (Å²) in [7, 11) is 0. The summed E-state index contributed by atoms with van der Waals surface area (Å²) in [4.78, 5) is 0. The van der Waals surface area contributed by atoms with E-state index in [-0.39, 0.29) is 0 Å². The van der Waals surface area contributed by atoms with Gasteiger partial charge in [-0.05, 0) is 37.3 Å². The lowest BCUT2D eigenvalue weighted by Gasteiger charge is -2.40. The van der Waals surface area contributed by atoms with Crippen LogP contribution in [0.3, 0.4) is 0 Å². The molecule has 1 unspecified atom stereocenters. The fraction of sp³-hybridized carbons (Fsp3) is 0.625. The van der Waals surface area contributed by atoms with Crippen LogP contribution in [0.25, 0.3) is 0 Å². The van der Waals surface area contributed by atoms with Gasteiger partial charge in [0.2, 0.25) is 0 Å². The number of nitrogens with two attached hydrogens (primary N) is 1. The zero-order valence-electron chi connectivity index (χ0n) is 11.2. The Morgan fingerprint density at radius 2 is 1.71 bits per heavy atom. The molecule has 1 atom stereocenters. The second kappa shape index (κ2) is 5.22. The SMILES string of the molecule is Cc1ccc(C(CN)C2(C)CCCCC2)cc1. The highest BCUT2D eigenvalue weighted by molar-refractivity contribution is 5.26. The van der Waals surface area contributed by atoms with Crippen molar-refractivity contribution >= 4 is 0 Å². The molecule has 1 aromatic rings. The predicted octanol–water partition coefficient (Wildman–Crippen LogP) is 4.01. The minimum atomic E-state index is 0.419. The molecular formula is C16H25N. The third kappa shape index (κ3) is 2.71. The average molecular weight is 231 g/mol. The Hall–Kier alpha value is -0.820. The monoisotopic (exact) mass is 231 g/mol. The average Bonchev–Trinajstić information content (AvgIpc) is 2.33. The highest BCUT2D eigenvalue weighted by atomic mass is 14.6. The van der Waals surface area contributed by atoms with Gasteiger partial charge in [-0.1, -0.05) is 56.0 Å². The van der Waals surface area contributed by atoms with Crippen molar-refractivity contribution in [3.63, 3.8) is 0 Å². The fourth-order valence-corrected chi connectivity index (χ4v) is 3.33. The molecule has 2 N–H and O–H groups in total. The topological polar surface area (TPSA) is 26.0 Å². The molecule has 0 heterocycles. The van der Waals surface area contributed by atoms with Crippen LogP contribution in [-0.2, 0) is 0 Å². The third-order valence-corrected chi connectivity index (χ3v) is 4.55. The minimum Gasteiger partial charge on any atom is -0.330 e. The highest BCUT2D eigenvalue weighted by Gasteiger charge is 2.35. The molecule has 0 saturated heterocycles. The van der Waals surface area contributed by atoms with Crippen LogP contribution in [-0.4, -0.2) is 6.54 Å². The number of benzene rings is 1. The van der Waals surface area contributed by atoms with Crippen LogP contribution in [0.2, 0.25) is 0 Å². The van der Waals surface area contributed by atoms with Crippen molar-refractivity contribution in [2.75, 3.05) is 6.54 Å². The van der Waals surface area contributed by atoms with Crippen LogP contribution in [0.4, 0.5) is 0 Å². The van der Waals surface area contributed by atoms with E-state index in [1.54, 1.807) is 0 Å². The van der Waals surface area contributed by atoms with E-state index in [1.807, 2.05) is 0 Å². The summed E-state index contributed by atoms with van der Waals surface area (Å²) in [6, 6.07) is 8.97. The van der Waals surface area contributed by atoms with Gasteiger partial charge in [0.1, 0.15) is 0 Å². The highest BCUT2D eigenvalue weighted by Crippen LogP contribution is 2.46. The minimum absolute atomic E-state index is 0.419. The second-order valence-electron chi connectivity index (χ2n) is 5.91. The van der Waals surface area contributed by atoms with Crippen LogP contribution in [0.5, 0.6) is 0 Å². The van der Waals surface area contributed by atoms with Crippen molar-refractivity contribution < 1.29 is 0 Å². The van der Waals surface area contributed by atoms with Crippen LogP contribution in [0, 0.1) is 12.3 Å². The van der Waals surface area contributed by atoms with Gasteiger partial charge in [0, 0.05) is 5.92 Å². The number of hydrogen-bond acceptors (Lipinski definition) is 1. The van der Waals surface area contributed by atoms with Crippen molar-refractivity contribution in [1.82, 2.24) is 0 Å². The van der Waals surface area contributed by atoms with Gasteiger partial charge in [0.25, 0.3) is 0 Å². The summed E-state index contributed by atoms with van der Waals surface area (Å²) in [6.45, 7) is 5.35. The zero-order chi connectivity index (χ0) is 12.3. The Balaban J connectivity index is 2.22. The summed E-state index contributed by atoms with van der Waals surface area (Å²) in [5, 5.41) is 0. The summed E-state index contributed by atoms with van der Waals surface area (Å²) in [5.74, 6) is 0.531. The van der Waals surface area contributed by atoms with Crippen molar-refractivity contribution in [1.29, 1.82) is 0 Å². The molecule has 1 aliphatic carbocycles. The van der Waals surface area contributed by atoms with Crippen molar-refractivity contribution in [2.45, 2.75) is 51.9 Å². The molecular weight excluding hydrogens is 206 g/mol. The van der Waals surface area contributed by atoms with Gasteiger partial charge >= 0.3 is 0 Å². The number of rotatable bonds is 3. The van der Waals surface area contributed by atoms with E-state index in [0.29, 0.717) is 11.3 Å². The van der Waals surface area contributed by atoms with Crippen molar-refractivity contribution in [3.05, 3.63) is 35.4 Å². The number of hydrogen-bond donors (Lipinski definition) is 1. The maximum absolute atomic E-state index is 6.06. The Kier molecular flexibility index (Phi) is 3.88. The molecule has 0 bridgehead atoms. The van der Waals surface area contributed by atoms with E-state index in [9.17, 15) is 0 Å². The zero-order valence-corrected chi connectivity index (χ0v) is 11.2. The molecule has 1 aliphatic rings. The maximum atomic E-state index is 6.06. The van der Waals surface area contributed by atoms with Gasteiger partial charge < -0.3 is 5.73 Å². The Bertz CT molecular complexity index is 346. The van der Waals surface area contributed by atoms with E-state index < -0.39 is 0 Å². The van der Waals surface area contributed by atoms with Gasteiger partial charge in [-0.3, -0.25) is 0 Å². The Morgan fingerprint density at radius 3 is 2.24 bits per heavy atom. The van der Waals surface area contributed by atoms with E-state index in [0.717, 1.165) is 6.54 Å². The lowest BCUT2D eigenvalue weighted by molar-refractivity contribution is 0.171. The van der Waals surface area contributed by atoms with Crippen molar-refractivity contribution in [3.8, 4) is 0 Å². The maximum Gasteiger partial charge on any atom is 0.00150 e. The molecule has 0 aliphatic heterocycles. The first-order chi connectivity index (χ1) is 8.15. The molecule has 2 rings (SSSR count). The summed E-state index contributed by atoms with van der Waals surface area (Å²) < 4.78 is 0. The van der Waals surface area contributed by atoms with Gasteiger partial charge in [0.15, 0.2) is 0 Å². The second-order valence-corrected chi connectivity index (χ2v) is 5.91. The Labute approximate surface area is 105 Å². The molecule has 1 fully saturated rings. The Morgan fingerprint density at radius 1 is 1.12 bits per heavy atom. The van der Waals surface area contributed by atoms with Gasteiger partial charge in [0.05, 0.1) is 0 Å². The largest absolute Gasteiger partial charge is 0.330 e. The number of aryl methyl sites for hydroxylation is 1. The molecule has 0 amide bonds. The first kappa shape index (κ1) is 12.6. The van der Waals surface area contributed by atoms with Crippen LogP contribution in [0.15, 0.2) is 24.3 Å². The first-order valence-electron chi connectivity index (χ1n) is 6.92. The van der Waals surface area contributed by atoms with Gasteiger partial charge in [-0.25, -0.2) is 0 Å². The summed E-state index contributed by atoms with van der Waals surface area (Å²) >= 11 is 0. The normalized spacial score (nSPS) is 21.1. The van der Waals surface area contributed by atoms with Crippen LogP contribution >= 0.6 is 0 Å². The van der Waals surface area contributed by atoms with Crippen LogP contribution in [0.1, 0.15) is 56.1 Å². The predicted molar refractivity (Wildman–Crippen MR) is 74.2 cm³/mol. The van der Waals surface area contributed by atoms with Gasteiger partial charge in [-0.2, -0.15) is 0 Å². The van der Waals surface area contributed by atoms with E-state index >= 15 is 0 Å². The summed E-state index contributed by atoms with van der Waals surface area (Å²) in [6.07, 6.45) is 6.82. The fourth-order valence-electron chi connectivity index (χ4n) is 3.33. The molecule has 0 radical (unpaired) electrons. The molecule has 1 saturated carbocycles. The lowest BCUT2D eigenvalue weighted by atomic mass is 9.65. The van der Waals surface area contributed by atoms with Gasteiger partial charge in [-0.15, -0.1) is 0 Å². The smallest absolute Gasteiger partial charge is 0.00150 e. The van der Waals surface area contributed by atoms with E-state index in [4.69, 9.17) is 5.73 Å². The van der Waals surface area contributed by atoms with E-state index in [1.165, 1.54) is 43.2 Å². The molecule has 1 nitrogen and oxygen atoms in total. The van der Waals surface area contributed by atoms with E-state index in [2.05, 4.69) is 38.1 Å². The molecule has 0 spiro atoms. The molecule has 17 heavy (non-hydrogen) atoms. The molecule has 94 valence electrons. The van der Waals surface area contributed by atoms with Crippen molar-refractivity contribution in [2.24, 2.45) is 11.1 Å². The third-order valence-electron chi connectivity index (χ3n) is 4.55. The molecule has 1 heteroatoms. The lowest BCUT2D eigenvalue weighted by Crippen LogP contribution is -2.33. The quantitative estimate of drug-likeness (QED) is 0.835. The standard InChI is InChI=1S/C16H25N/c1-13-6-8-14(9-7-13)15(12-17)16(2)10-4-3-5-11-16/h6-9,15H,3-5,10-12,17H2,1-2H3.